The minimum Gasteiger partial charge on any atom is -0.326 e. The van der Waals surface area contributed by atoms with E-state index in [2.05, 4.69) is 39.5 Å². The lowest BCUT2D eigenvalue weighted by molar-refractivity contribution is 0.213. The molecule has 1 aliphatic heterocycles. The Kier molecular flexibility index (Phi) is 3.53. The summed E-state index contributed by atoms with van der Waals surface area (Å²) in [6, 6.07) is 4.15. The van der Waals surface area contributed by atoms with Crippen molar-refractivity contribution >= 4 is 5.52 Å². The summed E-state index contributed by atoms with van der Waals surface area (Å²) in [5, 5.41) is 0. The summed E-state index contributed by atoms with van der Waals surface area (Å²) in [6.07, 6.45) is 6.59. The zero-order chi connectivity index (χ0) is 13.2. The van der Waals surface area contributed by atoms with E-state index in [1.807, 2.05) is 6.20 Å². The Bertz CT molecular complexity index is 560. The highest BCUT2D eigenvalue weighted by molar-refractivity contribution is 5.54. The fourth-order valence-electron chi connectivity index (χ4n) is 3.13. The summed E-state index contributed by atoms with van der Waals surface area (Å²) < 4.78 is 2.23. The van der Waals surface area contributed by atoms with E-state index in [1.54, 1.807) is 0 Å². The van der Waals surface area contributed by atoms with Gasteiger partial charge in [0.15, 0.2) is 0 Å². The third-order valence-corrected chi connectivity index (χ3v) is 4.22. The van der Waals surface area contributed by atoms with Crippen LogP contribution in [0.5, 0.6) is 0 Å². The molecule has 0 amide bonds. The Morgan fingerprint density at radius 2 is 2.37 bits per heavy atom. The van der Waals surface area contributed by atoms with Gasteiger partial charge in [0.25, 0.3) is 0 Å². The van der Waals surface area contributed by atoms with Gasteiger partial charge < -0.3 is 15.0 Å². The van der Waals surface area contributed by atoms with Crippen molar-refractivity contribution in [3.05, 3.63) is 35.9 Å². The maximum atomic E-state index is 5.80. The minimum atomic E-state index is 0.546. The number of hydrogen-bond acceptors (Lipinski definition) is 3. The number of pyridine rings is 1. The molecule has 0 aromatic carbocycles. The van der Waals surface area contributed by atoms with Crippen molar-refractivity contribution in [3.8, 4) is 0 Å². The number of hydrogen-bond donors (Lipinski definition) is 1. The lowest BCUT2D eigenvalue weighted by Crippen LogP contribution is -2.34. The predicted molar refractivity (Wildman–Crippen MR) is 77.2 cm³/mol. The molecule has 102 valence electrons. The van der Waals surface area contributed by atoms with Crippen molar-refractivity contribution in [1.82, 2.24) is 14.3 Å². The number of nitrogens with two attached hydrogens (primary N) is 1. The molecule has 19 heavy (non-hydrogen) atoms. The molecule has 3 rings (SSSR count). The number of imidazole rings is 1. The van der Waals surface area contributed by atoms with E-state index in [4.69, 9.17) is 5.73 Å². The smallest absolute Gasteiger partial charge is 0.117 e. The number of likely N-dealkylation sites (tertiary alicyclic amines) is 1. The molecule has 4 heteroatoms. The second kappa shape index (κ2) is 5.31. The normalized spacial score (nSPS) is 21.1. The molecule has 3 heterocycles. The van der Waals surface area contributed by atoms with Crippen molar-refractivity contribution in [2.75, 3.05) is 19.6 Å². The molecule has 2 N–H and O–H groups in total. The second-order valence-electron chi connectivity index (χ2n) is 5.34. The van der Waals surface area contributed by atoms with Crippen LogP contribution in [0.3, 0.4) is 0 Å². The third-order valence-electron chi connectivity index (χ3n) is 4.22. The molecule has 1 saturated heterocycles. The van der Waals surface area contributed by atoms with Crippen LogP contribution in [0.2, 0.25) is 0 Å². The van der Waals surface area contributed by atoms with E-state index >= 15 is 0 Å². The summed E-state index contributed by atoms with van der Waals surface area (Å²) in [5.74, 6) is 1.74. The standard InChI is InChI=1S/C15H22N4/c1-2-18-7-3-6-13(11-18)15-17-10-14-12(9-16)5-4-8-19(14)15/h4-5,8,10,13H,2-3,6-7,9,11,16H2,1H3. The van der Waals surface area contributed by atoms with Gasteiger partial charge in [-0.05, 0) is 37.6 Å². The van der Waals surface area contributed by atoms with Gasteiger partial charge in [-0.25, -0.2) is 4.98 Å². The van der Waals surface area contributed by atoms with Crippen molar-refractivity contribution in [1.29, 1.82) is 0 Å². The highest BCUT2D eigenvalue weighted by Gasteiger charge is 2.23. The Morgan fingerprint density at radius 3 is 3.16 bits per heavy atom. The lowest BCUT2D eigenvalue weighted by Gasteiger charge is -2.31. The number of fused-ring (bicyclic) bond motifs is 1. The first-order chi connectivity index (χ1) is 9.33. The molecule has 0 saturated carbocycles. The minimum absolute atomic E-state index is 0.546. The first-order valence-electron chi connectivity index (χ1n) is 7.20. The van der Waals surface area contributed by atoms with E-state index in [9.17, 15) is 0 Å². The quantitative estimate of drug-likeness (QED) is 0.916. The molecule has 2 aromatic heterocycles. The summed E-state index contributed by atoms with van der Waals surface area (Å²) in [6.45, 7) is 6.29. The number of rotatable bonds is 3. The first-order valence-corrected chi connectivity index (χ1v) is 7.20. The molecule has 0 radical (unpaired) electrons. The highest BCUT2D eigenvalue weighted by Crippen LogP contribution is 2.27. The van der Waals surface area contributed by atoms with Crippen LogP contribution in [0.25, 0.3) is 5.52 Å². The molecule has 1 fully saturated rings. The highest BCUT2D eigenvalue weighted by atomic mass is 15.1. The van der Waals surface area contributed by atoms with Gasteiger partial charge in [0.2, 0.25) is 0 Å². The molecular formula is C15H22N4. The molecule has 1 aliphatic rings. The first kappa shape index (κ1) is 12.6. The van der Waals surface area contributed by atoms with Gasteiger partial charge in [0, 0.05) is 25.2 Å². The number of nitrogens with zero attached hydrogens (tertiary/aromatic N) is 3. The van der Waals surface area contributed by atoms with Crippen LogP contribution >= 0.6 is 0 Å². The molecule has 0 bridgehead atoms. The van der Waals surface area contributed by atoms with E-state index in [-0.39, 0.29) is 0 Å². The van der Waals surface area contributed by atoms with Gasteiger partial charge in [-0.2, -0.15) is 0 Å². The van der Waals surface area contributed by atoms with Gasteiger partial charge in [-0.1, -0.05) is 13.0 Å². The largest absolute Gasteiger partial charge is 0.326 e. The van der Waals surface area contributed by atoms with Crippen LogP contribution < -0.4 is 5.73 Å². The summed E-state index contributed by atoms with van der Waals surface area (Å²) in [4.78, 5) is 7.19. The monoisotopic (exact) mass is 258 g/mol. The lowest BCUT2D eigenvalue weighted by atomic mass is 9.97. The van der Waals surface area contributed by atoms with E-state index in [0.717, 1.165) is 18.6 Å². The number of aromatic nitrogens is 2. The predicted octanol–water partition coefficient (Wildman–Crippen LogP) is 1.99. The Morgan fingerprint density at radius 1 is 1.47 bits per heavy atom. The van der Waals surface area contributed by atoms with Gasteiger partial charge in [0.05, 0.1) is 11.7 Å². The third kappa shape index (κ3) is 2.26. The SMILES string of the molecule is CCN1CCCC(c2ncc3c(CN)cccn23)C1. The maximum absolute atomic E-state index is 5.80. The van der Waals surface area contributed by atoms with Gasteiger partial charge >= 0.3 is 0 Å². The van der Waals surface area contributed by atoms with Crippen molar-refractivity contribution in [2.24, 2.45) is 5.73 Å². The van der Waals surface area contributed by atoms with Crippen LogP contribution in [0.4, 0.5) is 0 Å². The molecule has 1 unspecified atom stereocenters. The number of likely N-dealkylation sites (N-methyl/N-ethyl adjacent to an activating group) is 1. The Labute approximate surface area is 114 Å². The topological polar surface area (TPSA) is 46.6 Å². The molecule has 0 spiro atoms. The zero-order valence-corrected chi connectivity index (χ0v) is 11.5. The summed E-state index contributed by atoms with van der Waals surface area (Å²) in [5.41, 5.74) is 8.13. The fraction of sp³-hybridized carbons (Fsp3) is 0.533. The van der Waals surface area contributed by atoms with Crippen LogP contribution in [-0.2, 0) is 6.54 Å². The Hall–Kier alpha value is -1.39. The zero-order valence-electron chi connectivity index (χ0n) is 11.5. The average Bonchev–Trinajstić information content (AvgIpc) is 2.91. The van der Waals surface area contributed by atoms with Crippen molar-refractivity contribution in [2.45, 2.75) is 32.2 Å². The van der Waals surface area contributed by atoms with Crippen molar-refractivity contribution < 1.29 is 0 Å². The number of piperidine rings is 1. The molecule has 4 nitrogen and oxygen atoms in total. The molecule has 0 aliphatic carbocycles. The van der Waals surface area contributed by atoms with Crippen LogP contribution in [0.1, 0.15) is 37.1 Å². The van der Waals surface area contributed by atoms with Crippen LogP contribution in [-0.4, -0.2) is 33.9 Å². The molecular weight excluding hydrogens is 236 g/mol. The maximum Gasteiger partial charge on any atom is 0.117 e. The summed E-state index contributed by atoms with van der Waals surface area (Å²) in [7, 11) is 0. The summed E-state index contributed by atoms with van der Waals surface area (Å²) >= 11 is 0. The van der Waals surface area contributed by atoms with Gasteiger partial charge in [-0.3, -0.25) is 0 Å². The van der Waals surface area contributed by atoms with Crippen LogP contribution in [0.15, 0.2) is 24.5 Å². The average molecular weight is 258 g/mol. The second-order valence-corrected chi connectivity index (χ2v) is 5.34. The van der Waals surface area contributed by atoms with E-state index < -0.39 is 0 Å². The Balaban J connectivity index is 1.96. The van der Waals surface area contributed by atoms with E-state index in [0.29, 0.717) is 12.5 Å². The van der Waals surface area contributed by atoms with Crippen molar-refractivity contribution in [3.63, 3.8) is 0 Å². The van der Waals surface area contributed by atoms with E-state index in [1.165, 1.54) is 30.8 Å². The van der Waals surface area contributed by atoms with Crippen LogP contribution in [0, 0.1) is 0 Å². The molecule has 2 aromatic rings. The fourth-order valence-corrected chi connectivity index (χ4v) is 3.13. The van der Waals surface area contributed by atoms with Gasteiger partial charge in [-0.15, -0.1) is 0 Å². The molecule has 1 atom stereocenters. The van der Waals surface area contributed by atoms with Gasteiger partial charge in [0.1, 0.15) is 5.82 Å².